The van der Waals surface area contributed by atoms with Crippen molar-refractivity contribution in [3.05, 3.63) is 48.0 Å². The molecule has 1 atom stereocenters. The number of ether oxygens (including phenoxy) is 1. The third-order valence-corrected chi connectivity index (χ3v) is 4.00. The predicted octanol–water partition coefficient (Wildman–Crippen LogP) is 0.854. The summed E-state index contributed by atoms with van der Waals surface area (Å²) >= 11 is 0. The van der Waals surface area contributed by atoms with E-state index in [1.54, 1.807) is 13.3 Å². The number of amides is 1. The number of hydrogen-bond donors (Lipinski definition) is 2. The third kappa shape index (κ3) is 2.82. The highest BCUT2D eigenvalue weighted by Gasteiger charge is 2.29. The monoisotopic (exact) mass is 300 g/mol. The lowest BCUT2D eigenvalue weighted by Crippen LogP contribution is -2.51. The van der Waals surface area contributed by atoms with Crippen LogP contribution in [0.4, 0.5) is 0 Å². The molecule has 1 unspecified atom stereocenters. The molecule has 1 aromatic carbocycles. The summed E-state index contributed by atoms with van der Waals surface area (Å²) in [5.74, 6) is 1.70. The highest BCUT2D eigenvalue weighted by Crippen LogP contribution is 2.23. The first-order chi connectivity index (χ1) is 10.7. The molecule has 1 aliphatic rings. The Kier molecular flexibility index (Phi) is 4.11. The van der Waals surface area contributed by atoms with Crippen molar-refractivity contribution in [2.45, 2.75) is 6.04 Å². The first-order valence-electron chi connectivity index (χ1n) is 7.31. The maximum absolute atomic E-state index is 12.3. The number of imidazole rings is 1. The Morgan fingerprint density at radius 1 is 1.41 bits per heavy atom. The number of nitrogens with zero attached hydrogens (tertiary/aromatic N) is 2. The highest BCUT2D eigenvalue weighted by atomic mass is 16.5. The van der Waals surface area contributed by atoms with E-state index in [-0.39, 0.29) is 17.9 Å². The van der Waals surface area contributed by atoms with Gasteiger partial charge in [-0.3, -0.25) is 4.79 Å². The molecule has 2 aromatic rings. The van der Waals surface area contributed by atoms with Crippen molar-refractivity contribution >= 4 is 5.91 Å². The van der Waals surface area contributed by atoms with E-state index < -0.39 is 0 Å². The molecule has 0 bridgehead atoms. The van der Waals surface area contributed by atoms with E-state index in [9.17, 15) is 4.79 Å². The fraction of sp³-hybridized carbons (Fsp3) is 0.375. The van der Waals surface area contributed by atoms with Crippen LogP contribution in [0.1, 0.15) is 17.4 Å². The predicted molar refractivity (Wildman–Crippen MR) is 82.5 cm³/mol. The molecule has 0 spiro atoms. The summed E-state index contributed by atoms with van der Waals surface area (Å²) in [5.41, 5.74) is 0.982. The fourth-order valence-corrected chi connectivity index (χ4v) is 2.48. The van der Waals surface area contributed by atoms with Gasteiger partial charge in [0.15, 0.2) is 0 Å². The summed E-state index contributed by atoms with van der Waals surface area (Å²) in [6, 6.07) is 7.43. The van der Waals surface area contributed by atoms with Crippen LogP contribution in [0.25, 0.3) is 0 Å². The topological polar surface area (TPSA) is 68.2 Å². The molecule has 0 radical (unpaired) electrons. The van der Waals surface area contributed by atoms with Gasteiger partial charge in [0.05, 0.1) is 13.0 Å². The minimum absolute atomic E-state index is 0.0426. The lowest BCUT2D eigenvalue weighted by Gasteiger charge is -2.28. The lowest BCUT2D eigenvalue weighted by atomic mass is 10.00. The quantitative estimate of drug-likeness (QED) is 0.859. The van der Waals surface area contributed by atoms with Crippen LogP contribution >= 0.6 is 0 Å². The average Bonchev–Trinajstić information content (AvgIpc) is 2.89. The molecule has 0 aliphatic carbocycles. The molecule has 3 rings (SSSR count). The Bertz CT molecular complexity index is 646. The van der Waals surface area contributed by atoms with Gasteiger partial charge in [-0.1, -0.05) is 12.1 Å². The van der Waals surface area contributed by atoms with E-state index in [1.807, 2.05) is 42.1 Å². The van der Waals surface area contributed by atoms with E-state index in [0.717, 1.165) is 30.2 Å². The van der Waals surface area contributed by atoms with Crippen molar-refractivity contribution in [1.82, 2.24) is 20.2 Å². The summed E-state index contributed by atoms with van der Waals surface area (Å²) in [6.45, 7) is 1.48. The number of nitrogens with one attached hydrogen (secondary N) is 2. The fourth-order valence-electron chi connectivity index (χ4n) is 2.48. The Hall–Kier alpha value is -2.34. The zero-order chi connectivity index (χ0) is 15.5. The van der Waals surface area contributed by atoms with Gasteiger partial charge >= 0.3 is 0 Å². The SMILES string of the molecule is COc1ccc(C(NC(=O)C2CNC2)c2nccn2C)cc1. The first kappa shape index (κ1) is 14.6. The van der Waals surface area contributed by atoms with Crippen molar-refractivity contribution in [3.8, 4) is 5.75 Å². The minimum atomic E-state index is -0.265. The number of carbonyl (C=O) groups excluding carboxylic acids is 1. The second kappa shape index (κ2) is 6.19. The van der Waals surface area contributed by atoms with Gasteiger partial charge in [0, 0.05) is 32.5 Å². The summed E-state index contributed by atoms with van der Waals surface area (Å²) in [4.78, 5) is 16.7. The molecule has 1 fully saturated rings. The zero-order valence-electron chi connectivity index (χ0n) is 12.7. The molecule has 2 N–H and O–H groups in total. The largest absolute Gasteiger partial charge is 0.497 e. The number of rotatable bonds is 5. The molecular weight excluding hydrogens is 280 g/mol. The molecule has 1 amide bonds. The van der Waals surface area contributed by atoms with E-state index in [2.05, 4.69) is 15.6 Å². The number of benzene rings is 1. The van der Waals surface area contributed by atoms with Crippen molar-refractivity contribution in [3.63, 3.8) is 0 Å². The maximum Gasteiger partial charge on any atom is 0.226 e. The second-order valence-corrected chi connectivity index (χ2v) is 5.47. The first-order valence-corrected chi connectivity index (χ1v) is 7.31. The van der Waals surface area contributed by atoms with Gasteiger partial charge in [-0.2, -0.15) is 0 Å². The van der Waals surface area contributed by atoms with Gasteiger partial charge in [-0.05, 0) is 17.7 Å². The Morgan fingerprint density at radius 3 is 2.64 bits per heavy atom. The maximum atomic E-state index is 12.3. The Balaban J connectivity index is 1.87. The van der Waals surface area contributed by atoms with Crippen LogP contribution in [-0.4, -0.2) is 35.7 Å². The van der Waals surface area contributed by atoms with Gasteiger partial charge in [0.2, 0.25) is 5.91 Å². The molecule has 2 heterocycles. The summed E-state index contributed by atoms with van der Waals surface area (Å²) in [5, 5.41) is 6.23. The van der Waals surface area contributed by atoms with E-state index >= 15 is 0 Å². The molecular formula is C16H20N4O2. The second-order valence-electron chi connectivity index (χ2n) is 5.47. The van der Waals surface area contributed by atoms with Crippen LogP contribution in [-0.2, 0) is 11.8 Å². The zero-order valence-corrected chi connectivity index (χ0v) is 12.7. The van der Waals surface area contributed by atoms with Gasteiger partial charge < -0.3 is 19.9 Å². The third-order valence-electron chi connectivity index (χ3n) is 4.00. The van der Waals surface area contributed by atoms with Gasteiger partial charge in [0.1, 0.15) is 17.6 Å². The van der Waals surface area contributed by atoms with E-state index in [0.29, 0.717) is 0 Å². The number of aryl methyl sites for hydroxylation is 1. The minimum Gasteiger partial charge on any atom is -0.497 e. The number of hydrogen-bond acceptors (Lipinski definition) is 4. The van der Waals surface area contributed by atoms with Crippen molar-refractivity contribution < 1.29 is 9.53 Å². The molecule has 116 valence electrons. The van der Waals surface area contributed by atoms with Crippen LogP contribution in [0.5, 0.6) is 5.75 Å². The molecule has 22 heavy (non-hydrogen) atoms. The smallest absolute Gasteiger partial charge is 0.226 e. The Labute approximate surface area is 129 Å². The summed E-state index contributed by atoms with van der Waals surface area (Å²) in [6.07, 6.45) is 3.62. The lowest BCUT2D eigenvalue weighted by molar-refractivity contribution is -0.127. The summed E-state index contributed by atoms with van der Waals surface area (Å²) < 4.78 is 7.12. The van der Waals surface area contributed by atoms with Crippen LogP contribution in [0.3, 0.4) is 0 Å². The molecule has 1 aromatic heterocycles. The van der Waals surface area contributed by atoms with Crippen LogP contribution in [0.15, 0.2) is 36.7 Å². The van der Waals surface area contributed by atoms with Crippen LogP contribution in [0.2, 0.25) is 0 Å². The Morgan fingerprint density at radius 2 is 2.14 bits per heavy atom. The number of carbonyl (C=O) groups is 1. The number of methoxy groups -OCH3 is 1. The summed E-state index contributed by atoms with van der Waals surface area (Å²) in [7, 11) is 3.56. The molecule has 6 nitrogen and oxygen atoms in total. The highest BCUT2D eigenvalue weighted by molar-refractivity contribution is 5.80. The molecule has 1 saturated heterocycles. The van der Waals surface area contributed by atoms with Gasteiger partial charge in [0.25, 0.3) is 0 Å². The van der Waals surface area contributed by atoms with Crippen molar-refractivity contribution in [2.75, 3.05) is 20.2 Å². The van der Waals surface area contributed by atoms with Crippen molar-refractivity contribution in [1.29, 1.82) is 0 Å². The van der Waals surface area contributed by atoms with Gasteiger partial charge in [-0.15, -0.1) is 0 Å². The van der Waals surface area contributed by atoms with E-state index in [1.165, 1.54) is 0 Å². The molecule has 0 saturated carbocycles. The van der Waals surface area contributed by atoms with Crippen LogP contribution < -0.4 is 15.4 Å². The number of aromatic nitrogens is 2. The van der Waals surface area contributed by atoms with E-state index in [4.69, 9.17) is 4.74 Å². The van der Waals surface area contributed by atoms with Crippen molar-refractivity contribution in [2.24, 2.45) is 13.0 Å². The normalized spacial score (nSPS) is 15.9. The molecule has 1 aliphatic heterocycles. The average molecular weight is 300 g/mol. The van der Waals surface area contributed by atoms with Gasteiger partial charge in [-0.25, -0.2) is 4.98 Å². The molecule has 6 heteroatoms. The standard InChI is InChI=1S/C16H20N4O2/c1-20-8-7-18-15(20)14(19-16(21)12-9-17-10-12)11-3-5-13(22-2)6-4-11/h3-8,12,14,17H,9-10H2,1-2H3,(H,19,21). The van der Waals surface area contributed by atoms with Crippen LogP contribution in [0, 0.1) is 5.92 Å².